The Kier molecular flexibility index (Phi) is 2.61. The summed E-state index contributed by atoms with van der Waals surface area (Å²) in [6, 6.07) is 0.729. The van der Waals surface area contributed by atoms with E-state index >= 15 is 0 Å². The van der Waals surface area contributed by atoms with Gasteiger partial charge in [-0.2, -0.15) is 4.98 Å². The van der Waals surface area contributed by atoms with Gasteiger partial charge in [0.05, 0.1) is 5.02 Å². The molecule has 0 aromatic carbocycles. The van der Waals surface area contributed by atoms with Crippen molar-refractivity contribution in [2.24, 2.45) is 0 Å². The molecule has 0 aliphatic heterocycles. The maximum Gasteiger partial charge on any atom is 0.573 e. The number of anilines is 1. The molecule has 0 spiro atoms. The molecule has 14 heavy (non-hydrogen) atoms. The first kappa shape index (κ1) is 10.7. The largest absolute Gasteiger partial charge is 0.573 e. The van der Waals surface area contributed by atoms with Crippen molar-refractivity contribution in [3.63, 3.8) is 0 Å². The zero-order valence-electron chi connectivity index (χ0n) is 6.47. The lowest BCUT2D eigenvalue weighted by Crippen LogP contribution is -2.17. The Bertz CT molecular complexity index is 356. The van der Waals surface area contributed by atoms with Gasteiger partial charge in [-0.3, -0.25) is 0 Å². The summed E-state index contributed by atoms with van der Waals surface area (Å²) >= 11 is 5.37. The number of hydrogen-bond acceptors (Lipinski definition) is 4. The van der Waals surface area contributed by atoms with Crippen LogP contribution in [0, 0.1) is 0 Å². The quantitative estimate of drug-likeness (QED) is 0.771. The van der Waals surface area contributed by atoms with Crippen LogP contribution in [0.15, 0.2) is 6.07 Å². The molecule has 8 heteroatoms. The Labute approximate surface area is 81.1 Å². The Morgan fingerprint density at radius 1 is 1.50 bits per heavy atom. The summed E-state index contributed by atoms with van der Waals surface area (Å²) in [5.41, 5.74) is 5.11. The van der Waals surface area contributed by atoms with Crippen molar-refractivity contribution in [3.8, 4) is 11.6 Å². The summed E-state index contributed by atoms with van der Waals surface area (Å²) in [6.45, 7) is 0. The monoisotopic (exact) mass is 228 g/mol. The van der Waals surface area contributed by atoms with E-state index in [9.17, 15) is 13.2 Å². The van der Waals surface area contributed by atoms with Gasteiger partial charge in [0.2, 0.25) is 0 Å². The lowest BCUT2D eigenvalue weighted by molar-refractivity contribution is -0.275. The molecular weight excluding hydrogens is 225 g/mol. The van der Waals surface area contributed by atoms with E-state index in [2.05, 4.69) is 9.72 Å². The van der Waals surface area contributed by atoms with Crippen LogP contribution in [-0.2, 0) is 0 Å². The summed E-state index contributed by atoms with van der Waals surface area (Å²) < 4.78 is 38.6. The van der Waals surface area contributed by atoms with Crippen LogP contribution in [0.3, 0.4) is 0 Å². The second kappa shape index (κ2) is 3.41. The Morgan fingerprint density at radius 2 is 2.07 bits per heavy atom. The van der Waals surface area contributed by atoms with Crippen molar-refractivity contribution in [1.29, 1.82) is 0 Å². The van der Waals surface area contributed by atoms with Crippen LogP contribution in [0.5, 0.6) is 11.6 Å². The molecule has 0 fully saturated rings. The van der Waals surface area contributed by atoms with Crippen molar-refractivity contribution >= 4 is 17.4 Å². The molecule has 0 unspecified atom stereocenters. The molecule has 1 aromatic rings. The Balaban J connectivity index is 3.04. The van der Waals surface area contributed by atoms with Crippen LogP contribution in [0.1, 0.15) is 0 Å². The number of ether oxygens (including phenoxy) is 1. The Morgan fingerprint density at radius 3 is 2.57 bits per heavy atom. The van der Waals surface area contributed by atoms with Gasteiger partial charge < -0.3 is 15.6 Å². The highest BCUT2D eigenvalue weighted by molar-refractivity contribution is 6.32. The molecular formula is C6H4ClF3N2O2. The molecule has 0 aliphatic carbocycles. The summed E-state index contributed by atoms with van der Waals surface area (Å²) in [5, 5.41) is 8.67. The van der Waals surface area contributed by atoms with Gasteiger partial charge in [-0.05, 0) is 0 Å². The van der Waals surface area contributed by atoms with E-state index in [1.807, 2.05) is 0 Å². The molecule has 0 saturated heterocycles. The maximum atomic E-state index is 11.7. The molecule has 0 saturated carbocycles. The van der Waals surface area contributed by atoms with Crippen LogP contribution in [-0.4, -0.2) is 16.5 Å². The van der Waals surface area contributed by atoms with E-state index in [-0.39, 0.29) is 10.8 Å². The number of nitrogens with zero attached hydrogens (tertiary/aromatic N) is 1. The zero-order chi connectivity index (χ0) is 10.9. The number of alkyl halides is 3. The number of nitrogen functional groups attached to an aromatic ring is 1. The maximum absolute atomic E-state index is 11.7. The van der Waals surface area contributed by atoms with E-state index < -0.39 is 18.0 Å². The first-order valence-electron chi connectivity index (χ1n) is 3.20. The highest BCUT2D eigenvalue weighted by Crippen LogP contribution is 2.34. The van der Waals surface area contributed by atoms with Crippen molar-refractivity contribution in [3.05, 3.63) is 11.1 Å². The minimum absolute atomic E-state index is 0.234. The third kappa shape index (κ3) is 2.56. The van der Waals surface area contributed by atoms with Gasteiger partial charge >= 0.3 is 6.36 Å². The molecule has 0 bridgehead atoms. The van der Waals surface area contributed by atoms with Crippen molar-refractivity contribution < 1.29 is 23.0 Å². The highest BCUT2D eigenvalue weighted by Gasteiger charge is 2.33. The second-order valence-corrected chi connectivity index (χ2v) is 2.63. The highest BCUT2D eigenvalue weighted by atomic mass is 35.5. The van der Waals surface area contributed by atoms with E-state index in [1.54, 1.807) is 0 Å². The predicted octanol–water partition coefficient (Wildman–Crippen LogP) is 1.92. The first-order valence-corrected chi connectivity index (χ1v) is 3.58. The first-order chi connectivity index (χ1) is 6.29. The molecule has 0 radical (unpaired) electrons. The van der Waals surface area contributed by atoms with Gasteiger partial charge in [0.15, 0.2) is 5.75 Å². The molecule has 4 nitrogen and oxygen atoms in total. The van der Waals surface area contributed by atoms with E-state index in [4.69, 9.17) is 22.4 Å². The molecule has 0 aliphatic rings. The van der Waals surface area contributed by atoms with Crippen LogP contribution in [0.4, 0.5) is 19.0 Å². The fraction of sp³-hybridized carbons (Fsp3) is 0.167. The SMILES string of the molecule is Nc1nc(O)c(OC(F)(F)F)cc1Cl. The lowest BCUT2D eigenvalue weighted by Gasteiger charge is -2.10. The van der Waals surface area contributed by atoms with Gasteiger partial charge in [0, 0.05) is 6.07 Å². The number of hydrogen-bond donors (Lipinski definition) is 2. The molecule has 0 amide bonds. The van der Waals surface area contributed by atoms with Crippen LogP contribution in [0.2, 0.25) is 5.02 Å². The standard InChI is InChI=1S/C6H4ClF3N2O2/c7-2-1-3(14-6(8,9)10)5(13)12-4(2)11/h1H,(H3,11,12,13). The molecule has 0 atom stereocenters. The van der Waals surface area contributed by atoms with Gasteiger partial charge in [-0.15, -0.1) is 13.2 Å². The molecule has 1 heterocycles. The normalized spacial score (nSPS) is 11.4. The minimum Gasteiger partial charge on any atom is -0.491 e. The van der Waals surface area contributed by atoms with Gasteiger partial charge in [0.25, 0.3) is 5.88 Å². The zero-order valence-corrected chi connectivity index (χ0v) is 7.23. The summed E-state index contributed by atoms with van der Waals surface area (Å²) in [4.78, 5) is 3.13. The van der Waals surface area contributed by atoms with Crippen LogP contribution >= 0.6 is 11.6 Å². The Hall–Kier alpha value is -1.37. The van der Waals surface area contributed by atoms with Crippen LogP contribution in [0.25, 0.3) is 0 Å². The topological polar surface area (TPSA) is 68.4 Å². The molecule has 1 rings (SSSR count). The van der Waals surface area contributed by atoms with Gasteiger partial charge in [0.1, 0.15) is 5.82 Å². The smallest absolute Gasteiger partial charge is 0.491 e. The number of nitrogens with two attached hydrogens (primary N) is 1. The molecule has 3 N–H and O–H groups in total. The van der Waals surface area contributed by atoms with E-state index in [0.29, 0.717) is 0 Å². The van der Waals surface area contributed by atoms with Crippen molar-refractivity contribution in [1.82, 2.24) is 4.98 Å². The molecule has 78 valence electrons. The minimum atomic E-state index is -4.92. The predicted molar refractivity (Wildman–Crippen MR) is 42.0 cm³/mol. The second-order valence-electron chi connectivity index (χ2n) is 2.22. The summed E-state index contributed by atoms with van der Waals surface area (Å²) in [6.07, 6.45) is -4.92. The fourth-order valence-electron chi connectivity index (χ4n) is 0.676. The number of aromatic nitrogens is 1. The number of pyridine rings is 1. The van der Waals surface area contributed by atoms with E-state index in [0.717, 1.165) is 6.07 Å². The number of aromatic hydroxyl groups is 1. The fourth-order valence-corrected chi connectivity index (χ4v) is 0.817. The van der Waals surface area contributed by atoms with Crippen molar-refractivity contribution in [2.45, 2.75) is 6.36 Å². The van der Waals surface area contributed by atoms with Crippen molar-refractivity contribution in [2.75, 3.05) is 5.73 Å². The van der Waals surface area contributed by atoms with Gasteiger partial charge in [-0.1, -0.05) is 11.6 Å². The average molecular weight is 229 g/mol. The van der Waals surface area contributed by atoms with E-state index in [1.165, 1.54) is 0 Å². The number of halogens is 4. The third-order valence-corrected chi connectivity index (χ3v) is 1.48. The average Bonchev–Trinajstić information content (AvgIpc) is 1.97. The number of rotatable bonds is 1. The molecule has 1 aromatic heterocycles. The third-order valence-electron chi connectivity index (χ3n) is 1.17. The van der Waals surface area contributed by atoms with Gasteiger partial charge in [-0.25, -0.2) is 0 Å². The summed E-state index contributed by atoms with van der Waals surface area (Å²) in [7, 11) is 0. The van der Waals surface area contributed by atoms with Crippen LogP contribution < -0.4 is 10.5 Å². The summed E-state index contributed by atoms with van der Waals surface area (Å²) in [5.74, 6) is -2.14. The lowest BCUT2D eigenvalue weighted by atomic mass is 10.4.